The molecule has 0 radical (unpaired) electrons. The molecule has 5 nitrogen and oxygen atoms in total. The Kier molecular flexibility index (Phi) is 3.17. The molecule has 0 fully saturated rings. The molecule has 0 aliphatic carbocycles. The van der Waals surface area contributed by atoms with Crippen LogP contribution in [0.15, 0.2) is 29.2 Å². The number of hydrogen-bond donors (Lipinski definition) is 1. The Morgan fingerprint density at radius 2 is 2.15 bits per heavy atom. The van der Waals surface area contributed by atoms with Crippen LogP contribution in [0.3, 0.4) is 0 Å². The number of hydrogen-bond acceptors (Lipinski definition) is 4. The number of nitrogens with two attached hydrogens (primary N) is 1. The summed E-state index contributed by atoms with van der Waals surface area (Å²) in [5.74, 6) is 0.501. The minimum Gasteiger partial charge on any atom is -0.369 e. The molecule has 0 spiro atoms. The smallest absolute Gasteiger partial charge is 0.207 e. The van der Waals surface area contributed by atoms with Gasteiger partial charge >= 0.3 is 0 Å². The summed E-state index contributed by atoms with van der Waals surface area (Å²) in [4.78, 5) is 5.66. The average molecular weight is 287 g/mol. The monoisotopic (exact) mass is 287 g/mol. The van der Waals surface area contributed by atoms with Crippen LogP contribution >= 0.6 is 11.8 Å². The van der Waals surface area contributed by atoms with Gasteiger partial charge in [-0.05, 0) is 38.3 Å². The number of nitrogens with zero attached hydrogens (tertiary/aromatic N) is 4. The third-order valence-electron chi connectivity index (χ3n) is 3.35. The highest BCUT2D eigenvalue weighted by molar-refractivity contribution is 7.98. The Labute approximate surface area is 121 Å². The molecule has 0 aliphatic heterocycles. The molecule has 0 amide bonds. The van der Waals surface area contributed by atoms with E-state index in [1.54, 1.807) is 11.8 Å². The Bertz CT molecular complexity index is 771. The van der Waals surface area contributed by atoms with Gasteiger partial charge in [-0.15, -0.1) is 11.8 Å². The van der Waals surface area contributed by atoms with Crippen molar-refractivity contribution in [2.45, 2.75) is 25.3 Å². The third kappa shape index (κ3) is 1.87. The maximum absolute atomic E-state index is 6.12. The summed E-state index contributed by atoms with van der Waals surface area (Å²) in [6, 6.07) is 8.27. The number of fused-ring (bicyclic) bond motifs is 1. The summed E-state index contributed by atoms with van der Waals surface area (Å²) >= 11 is 1.71. The summed E-state index contributed by atoms with van der Waals surface area (Å²) in [6.07, 6.45) is 2.06. The number of benzene rings is 1. The number of rotatable bonds is 3. The Morgan fingerprint density at radius 1 is 1.35 bits per heavy atom. The van der Waals surface area contributed by atoms with Crippen LogP contribution in [0, 0.1) is 6.92 Å². The van der Waals surface area contributed by atoms with Crippen LogP contribution in [0.25, 0.3) is 16.9 Å². The van der Waals surface area contributed by atoms with E-state index in [-0.39, 0.29) is 0 Å². The van der Waals surface area contributed by atoms with E-state index in [9.17, 15) is 0 Å². The molecule has 104 valence electrons. The minimum atomic E-state index is 0.501. The number of anilines is 1. The van der Waals surface area contributed by atoms with Crippen LogP contribution in [-0.4, -0.2) is 25.6 Å². The topological polar surface area (TPSA) is 61.7 Å². The van der Waals surface area contributed by atoms with E-state index in [0.717, 1.165) is 29.1 Å². The summed E-state index contributed by atoms with van der Waals surface area (Å²) < 4.78 is 3.92. The molecule has 0 bridgehead atoms. The highest BCUT2D eigenvalue weighted by Gasteiger charge is 2.17. The minimum absolute atomic E-state index is 0.501. The normalized spacial score (nSPS) is 11.3. The second-order valence-corrected chi connectivity index (χ2v) is 5.46. The zero-order chi connectivity index (χ0) is 14.3. The van der Waals surface area contributed by atoms with Gasteiger partial charge in [-0.3, -0.25) is 4.57 Å². The van der Waals surface area contributed by atoms with E-state index < -0.39 is 0 Å². The van der Waals surface area contributed by atoms with Gasteiger partial charge in [0.05, 0.1) is 11.4 Å². The van der Waals surface area contributed by atoms with Crippen molar-refractivity contribution < 1.29 is 0 Å². The number of aryl methyl sites for hydroxylation is 2. The zero-order valence-corrected chi connectivity index (χ0v) is 12.6. The van der Waals surface area contributed by atoms with Gasteiger partial charge < -0.3 is 5.73 Å². The summed E-state index contributed by atoms with van der Waals surface area (Å²) in [5, 5.41) is 4.51. The van der Waals surface area contributed by atoms with Crippen LogP contribution in [0.4, 0.5) is 5.95 Å². The van der Waals surface area contributed by atoms with Gasteiger partial charge in [0.25, 0.3) is 0 Å². The van der Waals surface area contributed by atoms with Gasteiger partial charge in [-0.2, -0.15) is 5.10 Å². The molecule has 0 aliphatic rings. The molecule has 6 heteroatoms. The van der Waals surface area contributed by atoms with E-state index in [1.165, 1.54) is 4.90 Å². The number of nitrogen functional groups attached to an aromatic ring is 1. The van der Waals surface area contributed by atoms with E-state index in [0.29, 0.717) is 5.95 Å². The molecule has 1 aromatic carbocycles. The lowest BCUT2D eigenvalue weighted by Gasteiger charge is -2.09. The molecular formula is C14H17N5S. The first-order chi connectivity index (χ1) is 9.65. The maximum atomic E-state index is 6.12. The second-order valence-electron chi connectivity index (χ2n) is 4.58. The molecule has 20 heavy (non-hydrogen) atoms. The fraction of sp³-hybridized carbons (Fsp3) is 0.286. The second kappa shape index (κ2) is 4.86. The first-order valence-electron chi connectivity index (χ1n) is 6.51. The first-order valence-corrected chi connectivity index (χ1v) is 7.74. The first kappa shape index (κ1) is 13.1. The van der Waals surface area contributed by atoms with Crippen molar-refractivity contribution in [1.29, 1.82) is 0 Å². The fourth-order valence-electron chi connectivity index (χ4n) is 2.41. The van der Waals surface area contributed by atoms with Gasteiger partial charge in [0.15, 0.2) is 5.65 Å². The van der Waals surface area contributed by atoms with Crippen molar-refractivity contribution in [2.24, 2.45) is 0 Å². The summed E-state index contributed by atoms with van der Waals surface area (Å²) in [7, 11) is 0. The standard InChI is InChI=1S/C14H17N5S/c1-4-18-13-12(9(2)17-18)16-14(15)19(13)10-6-5-7-11(8-10)20-3/h5-8H,4H2,1-3H3,(H2,15,16). The molecule has 2 N–H and O–H groups in total. The van der Waals surface area contributed by atoms with Crippen LogP contribution in [0.5, 0.6) is 0 Å². The largest absolute Gasteiger partial charge is 0.369 e. The lowest BCUT2D eigenvalue weighted by Crippen LogP contribution is -2.06. The van der Waals surface area contributed by atoms with Gasteiger partial charge in [-0.1, -0.05) is 6.07 Å². The van der Waals surface area contributed by atoms with Gasteiger partial charge in [0.1, 0.15) is 5.52 Å². The predicted octanol–water partition coefficient (Wildman–Crippen LogP) is 2.85. The van der Waals surface area contributed by atoms with Gasteiger partial charge in [0.2, 0.25) is 5.95 Å². The molecular weight excluding hydrogens is 270 g/mol. The maximum Gasteiger partial charge on any atom is 0.207 e. The van der Waals surface area contributed by atoms with Crippen LogP contribution in [-0.2, 0) is 6.54 Å². The lowest BCUT2D eigenvalue weighted by atomic mass is 10.3. The van der Waals surface area contributed by atoms with Crippen molar-refractivity contribution in [3.05, 3.63) is 30.0 Å². The van der Waals surface area contributed by atoms with Gasteiger partial charge in [0, 0.05) is 11.4 Å². The summed E-state index contributed by atoms with van der Waals surface area (Å²) in [5.41, 5.74) is 9.88. The van der Waals surface area contributed by atoms with Crippen molar-refractivity contribution in [1.82, 2.24) is 19.3 Å². The Hall–Kier alpha value is -1.95. The SMILES string of the molecule is CCn1nc(C)c2nc(N)n(-c3cccc(SC)c3)c21. The van der Waals surface area contributed by atoms with Crippen LogP contribution in [0.2, 0.25) is 0 Å². The highest BCUT2D eigenvalue weighted by atomic mass is 32.2. The van der Waals surface area contributed by atoms with Gasteiger partial charge in [-0.25, -0.2) is 9.67 Å². The number of imidazole rings is 1. The van der Waals surface area contributed by atoms with Crippen molar-refractivity contribution in [3.63, 3.8) is 0 Å². The average Bonchev–Trinajstić information content (AvgIpc) is 2.95. The van der Waals surface area contributed by atoms with E-state index >= 15 is 0 Å². The van der Waals surface area contributed by atoms with Crippen LogP contribution in [0.1, 0.15) is 12.6 Å². The molecule has 3 aromatic rings. The highest BCUT2D eigenvalue weighted by Crippen LogP contribution is 2.27. The zero-order valence-electron chi connectivity index (χ0n) is 11.8. The van der Waals surface area contributed by atoms with E-state index in [4.69, 9.17) is 5.73 Å². The summed E-state index contributed by atoms with van der Waals surface area (Å²) in [6.45, 7) is 4.82. The van der Waals surface area contributed by atoms with E-state index in [1.807, 2.05) is 28.3 Å². The van der Waals surface area contributed by atoms with Crippen molar-refractivity contribution >= 4 is 28.9 Å². The fourth-order valence-corrected chi connectivity index (χ4v) is 2.86. The Morgan fingerprint density at radius 3 is 2.85 bits per heavy atom. The molecule has 3 rings (SSSR count). The molecule has 0 saturated carbocycles. The third-order valence-corrected chi connectivity index (χ3v) is 4.07. The molecule has 2 heterocycles. The van der Waals surface area contributed by atoms with Crippen molar-refractivity contribution in [3.8, 4) is 5.69 Å². The number of aromatic nitrogens is 4. The predicted molar refractivity (Wildman–Crippen MR) is 83.5 cm³/mol. The van der Waals surface area contributed by atoms with Crippen LogP contribution < -0.4 is 5.73 Å². The Balaban J connectivity index is 2.31. The lowest BCUT2D eigenvalue weighted by molar-refractivity contribution is 0.663. The quantitative estimate of drug-likeness (QED) is 0.752. The molecule has 0 atom stereocenters. The molecule has 0 saturated heterocycles. The molecule has 2 aromatic heterocycles. The van der Waals surface area contributed by atoms with Crippen molar-refractivity contribution in [2.75, 3.05) is 12.0 Å². The number of thioether (sulfide) groups is 1. The van der Waals surface area contributed by atoms with E-state index in [2.05, 4.69) is 35.4 Å². The molecule has 0 unspecified atom stereocenters.